The number of azo groups is 1. The molecule has 0 aromatic rings. The average Bonchev–Trinajstić information content (AvgIpc) is 2.94. The Hall–Kier alpha value is -1.24. The Balaban J connectivity index is 2.67. The van der Waals surface area contributed by atoms with E-state index in [1.807, 2.05) is 0 Å². The highest BCUT2D eigenvalue weighted by Gasteiger charge is 2.48. The van der Waals surface area contributed by atoms with Crippen LogP contribution in [0.15, 0.2) is 10.2 Å². The molecule has 1 saturated carbocycles. The highest BCUT2D eigenvalue weighted by molar-refractivity contribution is 6.78. The lowest BCUT2D eigenvalue weighted by molar-refractivity contribution is 0.108. The molecule has 1 aliphatic carbocycles. The fraction of sp³-hybridized carbons (Fsp3) is 0.875. The predicted molar refractivity (Wildman–Crippen MR) is 91.1 cm³/mol. The zero-order valence-electron chi connectivity index (χ0n) is 15.2. The molecule has 0 aromatic carbocycles. The second-order valence-corrected chi connectivity index (χ2v) is 12.6. The van der Waals surface area contributed by atoms with Crippen molar-refractivity contribution in [1.82, 2.24) is 0 Å². The van der Waals surface area contributed by atoms with Crippen LogP contribution in [0, 0.1) is 0 Å². The number of hydrogen-bond acceptors (Lipinski definition) is 4. The molecule has 0 saturated heterocycles. The van der Waals surface area contributed by atoms with Gasteiger partial charge < -0.3 is 9.16 Å². The molecule has 2 amide bonds. The lowest BCUT2D eigenvalue weighted by Crippen LogP contribution is -2.48. The minimum absolute atomic E-state index is 0.0899. The minimum atomic E-state index is -2.35. The van der Waals surface area contributed by atoms with Crippen LogP contribution in [-0.4, -0.2) is 26.6 Å². The van der Waals surface area contributed by atoms with Gasteiger partial charge >= 0.3 is 12.2 Å². The number of amides is 2. The fourth-order valence-corrected chi connectivity index (χ4v) is 8.83. The molecule has 1 fully saturated rings. The second-order valence-electron chi connectivity index (χ2n) is 7.18. The van der Waals surface area contributed by atoms with Crippen LogP contribution in [0.2, 0.25) is 16.6 Å². The zero-order valence-corrected chi connectivity index (χ0v) is 16.2. The third kappa shape index (κ3) is 5.12. The molecule has 23 heavy (non-hydrogen) atoms. The van der Waals surface area contributed by atoms with Crippen molar-refractivity contribution in [2.24, 2.45) is 10.2 Å². The first-order valence-electron chi connectivity index (χ1n) is 8.55. The Morgan fingerprint density at radius 2 is 1.30 bits per heavy atom. The first-order valence-corrected chi connectivity index (χ1v) is 10.7. The van der Waals surface area contributed by atoms with E-state index in [-0.39, 0.29) is 22.7 Å². The van der Waals surface area contributed by atoms with Gasteiger partial charge in [0.25, 0.3) is 8.32 Å². The minimum Gasteiger partial charge on any atom is -0.500 e. The van der Waals surface area contributed by atoms with Gasteiger partial charge in [0.05, 0.1) is 0 Å². The number of carbonyl (C=O) groups excluding carboxylic acids is 2. The molecule has 0 unspecified atom stereocenters. The van der Waals surface area contributed by atoms with Gasteiger partial charge in [0.2, 0.25) is 0 Å². The maximum absolute atomic E-state index is 12.1. The molecule has 6 nitrogen and oxygen atoms in total. The molecule has 7 heteroatoms. The van der Waals surface area contributed by atoms with E-state index in [4.69, 9.17) is 9.16 Å². The third-order valence-corrected chi connectivity index (χ3v) is 10.7. The molecule has 0 aliphatic heterocycles. The maximum Gasteiger partial charge on any atom is 0.452 e. The molecule has 0 spiro atoms. The van der Waals surface area contributed by atoms with Gasteiger partial charge in [-0.2, -0.15) is 0 Å². The number of nitrogens with zero attached hydrogens (tertiary/aromatic N) is 2. The van der Waals surface area contributed by atoms with Crippen LogP contribution in [0.5, 0.6) is 0 Å². The Kier molecular flexibility index (Phi) is 7.37. The molecular formula is C16H30N2O4Si. The Morgan fingerprint density at radius 3 is 1.74 bits per heavy atom. The summed E-state index contributed by atoms with van der Waals surface area (Å²) in [6.45, 7) is 12.4. The van der Waals surface area contributed by atoms with Crippen molar-refractivity contribution in [3.63, 3.8) is 0 Å². The standard InChI is InChI=1S/C16H30N2O4Si/c1-11(2)23(12(3)4,13(5)6)22-16(20)18-17-15(19)21-14-9-7-8-10-14/h11-14H,7-10H2,1-6H3/b18-17+. The molecular weight excluding hydrogens is 312 g/mol. The Morgan fingerprint density at radius 1 is 0.870 bits per heavy atom. The molecule has 0 bridgehead atoms. The van der Waals surface area contributed by atoms with Crippen LogP contribution < -0.4 is 0 Å². The normalized spacial score (nSPS) is 16.7. The molecule has 0 atom stereocenters. The Labute approximate surface area is 140 Å². The van der Waals surface area contributed by atoms with Gasteiger partial charge in [0, 0.05) is 0 Å². The van der Waals surface area contributed by atoms with Crippen LogP contribution in [0.1, 0.15) is 67.2 Å². The van der Waals surface area contributed by atoms with Gasteiger partial charge in [-0.3, -0.25) is 0 Å². The van der Waals surface area contributed by atoms with E-state index in [2.05, 4.69) is 51.8 Å². The van der Waals surface area contributed by atoms with E-state index < -0.39 is 20.5 Å². The van der Waals surface area contributed by atoms with Gasteiger partial charge in [-0.25, -0.2) is 9.59 Å². The van der Waals surface area contributed by atoms with Crippen molar-refractivity contribution in [3.05, 3.63) is 0 Å². The average molecular weight is 343 g/mol. The summed E-state index contributed by atoms with van der Waals surface area (Å²) in [5.41, 5.74) is 0.770. The molecule has 132 valence electrons. The van der Waals surface area contributed by atoms with Crippen molar-refractivity contribution in [1.29, 1.82) is 0 Å². The van der Waals surface area contributed by atoms with Crippen LogP contribution in [-0.2, 0) is 9.16 Å². The van der Waals surface area contributed by atoms with E-state index in [9.17, 15) is 9.59 Å². The highest BCUT2D eigenvalue weighted by atomic mass is 28.4. The van der Waals surface area contributed by atoms with Gasteiger partial charge in [0.15, 0.2) is 0 Å². The first kappa shape index (κ1) is 19.8. The monoisotopic (exact) mass is 342 g/mol. The summed E-state index contributed by atoms with van der Waals surface area (Å²) < 4.78 is 10.9. The van der Waals surface area contributed by atoms with E-state index in [0.29, 0.717) is 0 Å². The van der Waals surface area contributed by atoms with Gasteiger partial charge in [-0.15, -0.1) is 0 Å². The maximum atomic E-state index is 12.1. The van der Waals surface area contributed by atoms with Crippen LogP contribution >= 0.6 is 0 Å². The highest BCUT2D eigenvalue weighted by Crippen LogP contribution is 2.42. The lowest BCUT2D eigenvalue weighted by Gasteiger charge is -2.40. The first-order chi connectivity index (χ1) is 10.7. The molecule has 1 aliphatic rings. The summed E-state index contributed by atoms with van der Waals surface area (Å²) in [6.07, 6.45) is 2.15. The molecule has 0 N–H and O–H groups in total. The van der Waals surface area contributed by atoms with Crippen LogP contribution in [0.25, 0.3) is 0 Å². The Bertz CT molecular complexity index is 422. The number of hydrogen-bond donors (Lipinski definition) is 0. The summed E-state index contributed by atoms with van der Waals surface area (Å²) in [5.74, 6) is 0. The summed E-state index contributed by atoms with van der Waals surface area (Å²) >= 11 is 0. The smallest absolute Gasteiger partial charge is 0.452 e. The molecule has 0 heterocycles. The van der Waals surface area contributed by atoms with Crippen molar-refractivity contribution in [3.8, 4) is 0 Å². The summed E-state index contributed by atoms with van der Waals surface area (Å²) in [7, 11) is -2.35. The SMILES string of the molecule is CC(C)[Si](OC(=O)/N=N/C(=O)OC1CCCC1)(C(C)C)C(C)C. The number of carbonyl (C=O) groups is 2. The number of ether oxygens (including phenoxy) is 1. The summed E-state index contributed by atoms with van der Waals surface area (Å²) in [5, 5.41) is 6.78. The van der Waals surface area contributed by atoms with E-state index >= 15 is 0 Å². The zero-order chi connectivity index (χ0) is 17.6. The second kappa shape index (κ2) is 8.56. The van der Waals surface area contributed by atoms with Gasteiger partial charge in [0.1, 0.15) is 6.10 Å². The van der Waals surface area contributed by atoms with Crippen molar-refractivity contribution in [2.75, 3.05) is 0 Å². The largest absolute Gasteiger partial charge is 0.500 e. The number of rotatable bonds is 5. The lowest BCUT2D eigenvalue weighted by atomic mass is 10.3. The summed E-state index contributed by atoms with van der Waals surface area (Å²) in [6, 6.07) is 0. The fourth-order valence-electron chi connectivity index (χ4n) is 3.78. The van der Waals surface area contributed by atoms with Crippen LogP contribution in [0.4, 0.5) is 9.59 Å². The molecule has 0 radical (unpaired) electrons. The van der Waals surface area contributed by atoms with E-state index in [0.717, 1.165) is 25.7 Å². The van der Waals surface area contributed by atoms with Crippen molar-refractivity contribution in [2.45, 2.75) is 90.0 Å². The van der Waals surface area contributed by atoms with Crippen LogP contribution in [0.3, 0.4) is 0 Å². The van der Waals surface area contributed by atoms with E-state index in [1.165, 1.54) is 0 Å². The molecule has 0 aromatic heterocycles. The third-order valence-electron chi connectivity index (χ3n) is 4.75. The van der Waals surface area contributed by atoms with Crippen molar-refractivity contribution < 1.29 is 18.8 Å². The summed E-state index contributed by atoms with van der Waals surface area (Å²) in [4.78, 5) is 23.6. The topological polar surface area (TPSA) is 77.3 Å². The molecule has 1 rings (SSSR count). The van der Waals surface area contributed by atoms with Gasteiger partial charge in [-0.1, -0.05) is 51.8 Å². The quantitative estimate of drug-likeness (QED) is 0.465. The van der Waals surface area contributed by atoms with Crippen molar-refractivity contribution >= 4 is 20.5 Å². The van der Waals surface area contributed by atoms with E-state index in [1.54, 1.807) is 0 Å². The predicted octanol–water partition coefficient (Wildman–Crippen LogP) is 5.83. The van der Waals surface area contributed by atoms with Gasteiger partial charge in [-0.05, 0) is 42.3 Å².